The lowest BCUT2D eigenvalue weighted by molar-refractivity contribution is -0.141. The largest absolute Gasteiger partial charge is 0.338 e. The first kappa shape index (κ1) is 17.0. The Kier molecular flexibility index (Phi) is 5.51. The molecular weight excluding hydrogens is 302 g/mol. The zero-order valence-corrected chi connectivity index (χ0v) is 14.5. The minimum absolute atomic E-state index is 0.0827. The molecule has 2 aliphatic heterocycles. The predicted molar refractivity (Wildman–Crippen MR) is 93.4 cm³/mol. The van der Waals surface area contributed by atoms with Crippen molar-refractivity contribution in [3.63, 3.8) is 0 Å². The highest BCUT2D eigenvalue weighted by Gasteiger charge is 2.30. The lowest BCUT2D eigenvalue weighted by atomic mass is 10.0. The molecule has 2 aliphatic rings. The number of rotatable bonds is 3. The van der Waals surface area contributed by atoms with Crippen LogP contribution in [-0.4, -0.2) is 66.3 Å². The fraction of sp³-hybridized carbons (Fsp3) is 0.579. The number of likely N-dealkylation sites (N-methyl/N-ethyl adjacent to an activating group) is 1. The fourth-order valence-electron chi connectivity index (χ4n) is 3.60. The summed E-state index contributed by atoms with van der Waals surface area (Å²) in [6.45, 7) is 3.26. The molecule has 0 aromatic heterocycles. The Balaban J connectivity index is 1.63. The molecule has 0 spiro atoms. The molecule has 5 heteroatoms. The lowest BCUT2D eigenvalue weighted by Gasteiger charge is -2.40. The summed E-state index contributed by atoms with van der Waals surface area (Å²) in [7, 11) is 2.11. The molecule has 0 aliphatic carbocycles. The van der Waals surface area contributed by atoms with E-state index < -0.39 is 0 Å². The van der Waals surface area contributed by atoms with E-state index in [0.717, 1.165) is 38.9 Å². The SMILES string of the molecule is CN1CCN(C(=O)CN2CCCCCC2=O)CC1c1ccccc1. The zero-order chi connectivity index (χ0) is 16.9. The molecule has 2 fully saturated rings. The van der Waals surface area contributed by atoms with Crippen LogP contribution in [0.4, 0.5) is 0 Å². The topological polar surface area (TPSA) is 43.9 Å². The highest BCUT2D eigenvalue weighted by atomic mass is 16.2. The van der Waals surface area contributed by atoms with Crippen molar-refractivity contribution >= 4 is 11.8 Å². The normalized spacial score (nSPS) is 23.2. The molecule has 0 radical (unpaired) electrons. The van der Waals surface area contributed by atoms with Gasteiger partial charge in [-0.2, -0.15) is 0 Å². The van der Waals surface area contributed by atoms with Gasteiger partial charge in [-0.05, 0) is 25.5 Å². The Labute approximate surface area is 144 Å². The summed E-state index contributed by atoms with van der Waals surface area (Å²) >= 11 is 0. The second-order valence-corrected chi connectivity index (χ2v) is 6.87. The van der Waals surface area contributed by atoms with Crippen LogP contribution in [0.5, 0.6) is 0 Å². The second-order valence-electron chi connectivity index (χ2n) is 6.87. The highest BCUT2D eigenvalue weighted by Crippen LogP contribution is 2.24. The van der Waals surface area contributed by atoms with Crippen LogP contribution in [0.2, 0.25) is 0 Å². The number of likely N-dealkylation sites (tertiary alicyclic amines) is 1. The van der Waals surface area contributed by atoms with Gasteiger partial charge in [-0.15, -0.1) is 0 Å². The number of piperazine rings is 1. The van der Waals surface area contributed by atoms with Crippen molar-refractivity contribution in [3.8, 4) is 0 Å². The van der Waals surface area contributed by atoms with Gasteiger partial charge in [0.25, 0.3) is 0 Å². The van der Waals surface area contributed by atoms with Crippen LogP contribution >= 0.6 is 0 Å². The minimum Gasteiger partial charge on any atom is -0.338 e. The zero-order valence-electron chi connectivity index (χ0n) is 14.5. The van der Waals surface area contributed by atoms with Crippen LogP contribution in [0.25, 0.3) is 0 Å². The van der Waals surface area contributed by atoms with Gasteiger partial charge in [0.2, 0.25) is 11.8 Å². The Hall–Kier alpha value is -1.88. The number of benzene rings is 1. The van der Waals surface area contributed by atoms with Crippen LogP contribution in [0.1, 0.15) is 37.3 Å². The van der Waals surface area contributed by atoms with E-state index in [0.29, 0.717) is 13.0 Å². The first-order valence-electron chi connectivity index (χ1n) is 8.96. The van der Waals surface area contributed by atoms with E-state index in [2.05, 4.69) is 24.1 Å². The molecule has 2 heterocycles. The van der Waals surface area contributed by atoms with Gasteiger partial charge in [0, 0.05) is 32.6 Å². The molecular formula is C19H27N3O2. The maximum Gasteiger partial charge on any atom is 0.242 e. The molecule has 0 N–H and O–H groups in total. The smallest absolute Gasteiger partial charge is 0.242 e. The maximum absolute atomic E-state index is 12.7. The molecule has 1 aromatic rings. The standard InChI is InChI=1S/C19H27N3O2/c1-20-12-13-22(14-17(20)16-8-4-2-5-9-16)19(24)15-21-11-7-3-6-10-18(21)23/h2,4-5,8-9,17H,3,6-7,10-15H2,1H3. The van der Waals surface area contributed by atoms with Crippen molar-refractivity contribution < 1.29 is 9.59 Å². The van der Waals surface area contributed by atoms with Crippen LogP contribution in [0, 0.1) is 0 Å². The van der Waals surface area contributed by atoms with Crippen molar-refractivity contribution in [1.82, 2.24) is 14.7 Å². The van der Waals surface area contributed by atoms with Gasteiger partial charge in [-0.3, -0.25) is 14.5 Å². The Morgan fingerprint density at radius 1 is 1.08 bits per heavy atom. The summed E-state index contributed by atoms with van der Waals surface area (Å²) in [6.07, 6.45) is 3.63. The fourth-order valence-corrected chi connectivity index (χ4v) is 3.60. The summed E-state index contributed by atoms with van der Waals surface area (Å²) in [5.41, 5.74) is 1.24. The molecule has 24 heavy (non-hydrogen) atoms. The summed E-state index contributed by atoms with van der Waals surface area (Å²) in [5.74, 6) is 0.217. The van der Waals surface area contributed by atoms with Gasteiger partial charge >= 0.3 is 0 Å². The third kappa shape index (κ3) is 3.96. The van der Waals surface area contributed by atoms with Crippen LogP contribution in [-0.2, 0) is 9.59 Å². The highest BCUT2D eigenvalue weighted by molar-refractivity contribution is 5.85. The predicted octanol–water partition coefficient (Wildman–Crippen LogP) is 1.90. The summed E-state index contributed by atoms with van der Waals surface area (Å²) in [5, 5.41) is 0. The molecule has 3 rings (SSSR count). The van der Waals surface area contributed by atoms with E-state index in [4.69, 9.17) is 0 Å². The minimum atomic E-state index is 0.0827. The van der Waals surface area contributed by atoms with E-state index >= 15 is 0 Å². The monoisotopic (exact) mass is 329 g/mol. The van der Waals surface area contributed by atoms with E-state index in [9.17, 15) is 9.59 Å². The lowest BCUT2D eigenvalue weighted by Crippen LogP contribution is -2.52. The summed E-state index contributed by atoms with van der Waals surface area (Å²) in [4.78, 5) is 30.8. The molecule has 1 aromatic carbocycles. The number of hydrogen-bond donors (Lipinski definition) is 0. The Morgan fingerprint density at radius 2 is 1.88 bits per heavy atom. The van der Waals surface area contributed by atoms with Crippen LogP contribution < -0.4 is 0 Å². The average molecular weight is 329 g/mol. The quantitative estimate of drug-likeness (QED) is 0.851. The van der Waals surface area contributed by atoms with Crippen molar-refractivity contribution in [2.75, 3.05) is 39.8 Å². The molecule has 5 nitrogen and oxygen atoms in total. The van der Waals surface area contributed by atoms with Crippen LogP contribution in [0.3, 0.4) is 0 Å². The van der Waals surface area contributed by atoms with E-state index in [1.54, 1.807) is 4.90 Å². The van der Waals surface area contributed by atoms with Crippen molar-refractivity contribution in [2.24, 2.45) is 0 Å². The summed E-state index contributed by atoms with van der Waals surface area (Å²) in [6, 6.07) is 10.6. The van der Waals surface area contributed by atoms with Gasteiger partial charge in [0.05, 0.1) is 12.6 Å². The van der Waals surface area contributed by atoms with Gasteiger partial charge in [-0.25, -0.2) is 0 Å². The van der Waals surface area contributed by atoms with Crippen LogP contribution in [0.15, 0.2) is 30.3 Å². The maximum atomic E-state index is 12.7. The van der Waals surface area contributed by atoms with Gasteiger partial charge < -0.3 is 9.80 Å². The molecule has 0 bridgehead atoms. The van der Waals surface area contributed by atoms with Gasteiger partial charge in [0.15, 0.2) is 0 Å². The van der Waals surface area contributed by atoms with E-state index in [-0.39, 0.29) is 24.4 Å². The van der Waals surface area contributed by atoms with Gasteiger partial charge in [0.1, 0.15) is 0 Å². The number of nitrogens with zero attached hydrogens (tertiary/aromatic N) is 3. The Morgan fingerprint density at radius 3 is 2.67 bits per heavy atom. The molecule has 1 unspecified atom stereocenters. The number of carbonyl (C=O) groups is 2. The van der Waals surface area contributed by atoms with E-state index in [1.807, 2.05) is 23.1 Å². The van der Waals surface area contributed by atoms with Crippen molar-refractivity contribution in [3.05, 3.63) is 35.9 Å². The Bertz CT molecular complexity index is 575. The van der Waals surface area contributed by atoms with Crippen molar-refractivity contribution in [2.45, 2.75) is 31.7 Å². The molecule has 1 atom stereocenters. The number of hydrogen-bond acceptors (Lipinski definition) is 3. The molecule has 2 saturated heterocycles. The molecule has 0 saturated carbocycles. The third-order valence-corrected chi connectivity index (χ3v) is 5.18. The van der Waals surface area contributed by atoms with Gasteiger partial charge in [-0.1, -0.05) is 36.8 Å². The summed E-state index contributed by atoms with van der Waals surface area (Å²) < 4.78 is 0. The van der Waals surface area contributed by atoms with E-state index in [1.165, 1.54) is 5.56 Å². The average Bonchev–Trinajstić information content (AvgIpc) is 2.80. The second kappa shape index (κ2) is 7.79. The van der Waals surface area contributed by atoms with Crippen molar-refractivity contribution in [1.29, 1.82) is 0 Å². The number of amides is 2. The first-order valence-corrected chi connectivity index (χ1v) is 8.96. The molecule has 130 valence electrons. The third-order valence-electron chi connectivity index (χ3n) is 5.18. The molecule has 2 amide bonds. The number of carbonyl (C=O) groups excluding carboxylic acids is 2. The first-order chi connectivity index (χ1) is 11.6.